The molecule has 1 N–H and O–H groups in total. The Morgan fingerprint density at radius 2 is 2.19 bits per heavy atom. The fourth-order valence-electron chi connectivity index (χ4n) is 2.77. The van der Waals surface area contributed by atoms with Crippen LogP contribution in [0.25, 0.3) is 0 Å². The highest BCUT2D eigenvalue weighted by molar-refractivity contribution is 7.99. The normalized spacial score (nSPS) is 23.6. The van der Waals surface area contributed by atoms with Crippen LogP contribution in [0, 0.1) is 6.92 Å². The van der Waals surface area contributed by atoms with Gasteiger partial charge in [-0.1, -0.05) is 43.7 Å². The van der Waals surface area contributed by atoms with Crippen molar-refractivity contribution >= 4 is 17.7 Å². The predicted octanol–water partition coefficient (Wildman–Crippen LogP) is 3.35. The second-order valence-electron chi connectivity index (χ2n) is 5.81. The number of nitrogens with one attached hydrogen (secondary N) is 1. The number of hydrogen-bond acceptors (Lipinski definition) is 3. The fraction of sp³-hybridized carbons (Fsp3) is 0.588. The molecule has 1 amide bonds. The maximum Gasteiger partial charge on any atom is 0.241 e. The first-order valence-electron chi connectivity index (χ1n) is 7.72. The van der Waals surface area contributed by atoms with Gasteiger partial charge in [0.15, 0.2) is 0 Å². The molecule has 3 unspecified atom stereocenters. The van der Waals surface area contributed by atoms with Gasteiger partial charge in [0.05, 0.1) is 6.04 Å². The quantitative estimate of drug-likeness (QED) is 0.875. The standard InChI is InChI=1S/C17H26N2OS/c1-5-15-17(20)19(10-9-13(3)21-4)16(18-15)14-8-6-7-12(2)11-14/h6-8,11,13,15-16,18H,5,9-10H2,1-4H3. The van der Waals surface area contributed by atoms with Crippen molar-refractivity contribution in [2.24, 2.45) is 0 Å². The van der Waals surface area contributed by atoms with Crippen LogP contribution in [-0.2, 0) is 4.79 Å². The molecule has 3 nitrogen and oxygen atoms in total. The Morgan fingerprint density at radius 3 is 2.81 bits per heavy atom. The molecule has 0 spiro atoms. The van der Waals surface area contributed by atoms with Gasteiger partial charge in [0.1, 0.15) is 6.17 Å². The van der Waals surface area contributed by atoms with E-state index in [1.807, 2.05) is 16.7 Å². The molecule has 1 aromatic rings. The van der Waals surface area contributed by atoms with Gasteiger partial charge in [-0.25, -0.2) is 0 Å². The summed E-state index contributed by atoms with van der Waals surface area (Å²) in [5.74, 6) is 0.248. The molecular formula is C17H26N2OS. The molecule has 1 aliphatic rings. The van der Waals surface area contributed by atoms with Gasteiger partial charge in [-0.3, -0.25) is 10.1 Å². The first kappa shape index (κ1) is 16.4. The van der Waals surface area contributed by atoms with Gasteiger partial charge >= 0.3 is 0 Å². The topological polar surface area (TPSA) is 32.3 Å². The number of benzene rings is 1. The number of carbonyl (C=O) groups excluding carboxylic acids is 1. The zero-order valence-electron chi connectivity index (χ0n) is 13.4. The van der Waals surface area contributed by atoms with Crippen molar-refractivity contribution in [3.63, 3.8) is 0 Å². The van der Waals surface area contributed by atoms with Crippen molar-refractivity contribution in [2.45, 2.75) is 51.1 Å². The molecular weight excluding hydrogens is 280 g/mol. The maximum absolute atomic E-state index is 12.6. The van der Waals surface area contributed by atoms with Gasteiger partial charge in [-0.2, -0.15) is 11.8 Å². The second-order valence-corrected chi connectivity index (χ2v) is 7.09. The molecule has 0 saturated carbocycles. The molecule has 1 saturated heterocycles. The molecule has 1 fully saturated rings. The SMILES string of the molecule is CCC1NC(c2cccc(C)c2)N(CCC(C)SC)C1=O. The molecule has 3 atom stereocenters. The average molecular weight is 306 g/mol. The number of carbonyl (C=O) groups is 1. The Balaban J connectivity index is 2.18. The zero-order valence-corrected chi connectivity index (χ0v) is 14.2. The molecule has 21 heavy (non-hydrogen) atoms. The Kier molecular flexibility index (Phi) is 5.71. The number of hydrogen-bond donors (Lipinski definition) is 1. The van der Waals surface area contributed by atoms with Gasteiger partial charge in [0.25, 0.3) is 0 Å². The summed E-state index contributed by atoms with van der Waals surface area (Å²) in [6.07, 6.45) is 4.03. The van der Waals surface area contributed by atoms with E-state index in [9.17, 15) is 4.79 Å². The lowest BCUT2D eigenvalue weighted by atomic mass is 10.1. The van der Waals surface area contributed by atoms with Crippen LogP contribution in [0.3, 0.4) is 0 Å². The van der Waals surface area contributed by atoms with E-state index in [-0.39, 0.29) is 18.1 Å². The van der Waals surface area contributed by atoms with Crippen LogP contribution in [0.5, 0.6) is 0 Å². The molecule has 0 radical (unpaired) electrons. The van der Waals surface area contributed by atoms with Crippen LogP contribution >= 0.6 is 11.8 Å². The summed E-state index contributed by atoms with van der Waals surface area (Å²) in [7, 11) is 0. The van der Waals surface area contributed by atoms with E-state index in [4.69, 9.17) is 0 Å². The molecule has 1 heterocycles. The molecule has 2 rings (SSSR count). The summed E-state index contributed by atoms with van der Waals surface area (Å²) in [6, 6.07) is 8.41. The predicted molar refractivity (Wildman–Crippen MR) is 90.4 cm³/mol. The lowest BCUT2D eigenvalue weighted by Gasteiger charge is -2.26. The summed E-state index contributed by atoms with van der Waals surface area (Å²) in [6.45, 7) is 7.20. The van der Waals surface area contributed by atoms with Crippen LogP contribution in [0.4, 0.5) is 0 Å². The van der Waals surface area contributed by atoms with E-state index in [0.29, 0.717) is 5.25 Å². The lowest BCUT2D eigenvalue weighted by Crippen LogP contribution is -2.33. The summed E-state index contributed by atoms with van der Waals surface area (Å²) < 4.78 is 0. The highest BCUT2D eigenvalue weighted by atomic mass is 32.2. The molecule has 116 valence electrons. The summed E-state index contributed by atoms with van der Waals surface area (Å²) in [5, 5.41) is 4.08. The Hall–Kier alpha value is -1.00. The van der Waals surface area contributed by atoms with Crippen LogP contribution < -0.4 is 5.32 Å². The van der Waals surface area contributed by atoms with Crippen LogP contribution in [0.15, 0.2) is 24.3 Å². The molecule has 0 aromatic heterocycles. The Morgan fingerprint density at radius 1 is 1.43 bits per heavy atom. The maximum atomic E-state index is 12.6. The van der Waals surface area contributed by atoms with Crippen molar-refractivity contribution in [2.75, 3.05) is 12.8 Å². The van der Waals surface area contributed by atoms with Crippen molar-refractivity contribution in [1.29, 1.82) is 0 Å². The molecule has 4 heteroatoms. The highest BCUT2D eigenvalue weighted by Gasteiger charge is 2.38. The average Bonchev–Trinajstić information content (AvgIpc) is 2.81. The van der Waals surface area contributed by atoms with Crippen LogP contribution in [-0.4, -0.2) is 34.9 Å². The first-order chi connectivity index (χ1) is 10.1. The molecule has 0 bridgehead atoms. The molecule has 1 aliphatic heterocycles. The van der Waals surface area contributed by atoms with Gasteiger partial charge < -0.3 is 4.90 Å². The number of amides is 1. The van der Waals surface area contributed by atoms with Gasteiger partial charge in [0, 0.05) is 11.8 Å². The van der Waals surface area contributed by atoms with Crippen molar-refractivity contribution in [1.82, 2.24) is 10.2 Å². The zero-order chi connectivity index (χ0) is 15.4. The third-order valence-electron chi connectivity index (χ3n) is 4.20. The highest BCUT2D eigenvalue weighted by Crippen LogP contribution is 2.28. The fourth-order valence-corrected chi connectivity index (χ4v) is 3.11. The largest absolute Gasteiger partial charge is 0.322 e. The first-order valence-corrected chi connectivity index (χ1v) is 9.01. The molecule has 1 aromatic carbocycles. The number of rotatable bonds is 6. The van der Waals surface area contributed by atoms with E-state index in [0.717, 1.165) is 19.4 Å². The van der Waals surface area contributed by atoms with Crippen molar-refractivity contribution in [3.8, 4) is 0 Å². The van der Waals surface area contributed by atoms with E-state index < -0.39 is 0 Å². The van der Waals surface area contributed by atoms with Crippen LogP contribution in [0.1, 0.15) is 44.0 Å². The Bertz CT molecular complexity index is 491. The number of thioether (sulfide) groups is 1. The lowest BCUT2D eigenvalue weighted by molar-refractivity contribution is -0.130. The van der Waals surface area contributed by atoms with Gasteiger partial charge in [-0.15, -0.1) is 0 Å². The minimum absolute atomic E-state index is 0.0245. The second kappa shape index (κ2) is 7.32. The smallest absolute Gasteiger partial charge is 0.241 e. The van der Waals surface area contributed by atoms with Crippen molar-refractivity contribution < 1.29 is 4.79 Å². The Labute approximate surface area is 132 Å². The van der Waals surface area contributed by atoms with Gasteiger partial charge in [0.2, 0.25) is 5.91 Å². The number of nitrogens with zero attached hydrogens (tertiary/aromatic N) is 1. The minimum Gasteiger partial charge on any atom is -0.322 e. The third-order valence-corrected chi connectivity index (χ3v) is 5.24. The minimum atomic E-state index is -0.0416. The molecule has 0 aliphatic carbocycles. The summed E-state index contributed by atoms with van der Waals surface area (Å²) in [5.41, 5.74) is 2.43. The van der Waals surface area contributed by atoms with E-state index in [1.54, 1.807) is 0 Å². The summed E-state index contributed by atoms with van der Waals surface area (Å²) in [4.78, 5) is 14.6. The van der Waals surface area contributed by atoms with E-state index in [1.165, 1.54) is 11.1 Å². The van der Waals surface area contributed by atoms with E-state index in [2.05, 4.69) is 56.6 Å². The van der Waals surface area contributed by atoms with E-state index >= 15 is 0 Å². The monoisotopic (exact) mass is 306 g/mol. The third kappa shape index (κ3) is 3.80. The van der Waals surface area contributed by atoms with Gasteiger partial charge in [-0.05, 0) is 31.6 Å². The number of aryl methyl sites for hydroxylation is 1. The van der Waals surface area contributed by atoms with Crippen molar-refractivity contribution in [3.05, 3.63) is 35.4 Å². The van der Waals surface area contributed by atoms with Crippen LogP contribution in [0.2, 0.25) is 0 Å². The summed E-state index contributed by atoms with van der Waals surface area (Å²) >= 11 is 1.86.